The van der Waals surface area contributed by atoms with E-state index in [1.54, 1.807) is 42.5 Å². The van der Waals surface area contributed by atoms with Crippen LogP contribution in [0, 0.1) is 6.92 Å². The summed E-state index contributed by atoms with van der Waals surface area (Å²) in [5.74, 6) is 0.466. The van der Waals surface area contributed by atoms with Gasteiger partial charge in [0.15, 0.2) is 0 Å². The molecule has 7 heteroatoms. The van der Waals surface area contributed by atoms with Crippen LogP contribution in [0.2, 0.25) is 10.0 Å². The maximum absolute atomic E-state index is 13.5. The highest BCUT2D eigenvalue weighted by molar-refractivity contribution is 7.89. The molecular weight excluding hydrogens is 439 g/mol. The summed E-state index contributed by atoms with van der Waals surface area (Å²) in [5, 5.41) is 1.02. The predicted molar refractivity (Wildman–Crippen MR) is 122 cm³/mol. The van der Waals surface area contributed by atoms with Crippen LogP contribution in [-0.4, -0.2) is 25.1 Å². The van der Waals surface area contributed by atoms with Gasteiger partial charge in [-0.05, 0) is 42.3 Å². The first-order valence-electron chi connectivity index (χ1n) is 9.49. The number of aryl methyl sites for hydroxylation is 1. The second-order valence-corrected chi connectivity index (χ2v) is 9.94. The standard InChI is InChI=1S/C23H20Cl2N2O2S/c1-16-7-11-20(12-8-16)30(28,29)27-15-22(17-5-3-2-4-6-17)26-23(27)13-18-9-10-19(24)14-21(18)25/h2-12,14,22H,13,15H2,1H3. The van der Waals surface area contributed by atoms with Crippen molar-refractivity contribution >= 4 is 39.1 Å². The van der Waals surface area contributed by atoms with E-state index in [4.69, 9.17) is 28.2 Å². The van der Waals surface area contributed by atoms with Crippen molar-refractivity contribution in [3.8, 4) is 0 Å². The summed E-state index contributed by atoms with van der Waals surface area (Å²) in [6, 6.07) is 21.5. The van der Waals surface area contributed by atoms with Crippen LogP contribution < -0.4 is 0 Å². The second-order valence-electron chi connectivity index (χ2n) is 7.23. The van der Waals surface area contributed by atoms with E-state index in [-0.39, 0.29) is 17.5 Å². The second kappa shape index (κ2) is 8.42. The van der Waals surface area contributed by atoms with E-state index < -0.39 is 10.0 Å². The molecular formula is C23H20Cl2N2O2S. The van der Waals surface area contributed by atoms with Crippen molar-refractivity contribution in [2.75, 3.05) is 6.54 Å². The topological polar surface area (TPSA) is 49.7 Å². The molecule has 3 aromatic rings. The van der Waals surface area contributed by atoms with Gasteiger partial charge in [0.2, 0.25) is 0 Å². The number of benzene rings is 3. The summed E-state index contributed by atoms with van der Waals surface area (Å²) in [6.45, 7) is 2.17. The first-order valence-corrected chi connectivity index (χ1v) is 11.7. The number of rotatable bonds is 5. The first-order chi connectivity index (χ1) is 14.3. The Kier molecular flexibility index (Phi) is 5.87. The van der Waals surface area contributed by atoms with Gasteiger partial charge in [-0.3, -0.25) is 9.30 Å². The molecule has 3 aromatic carbocycles. The Labute approximate surface area is 186 Å². The lowest BCUT2D eigenvalue weighted by atomic mass is 10.1. The third kappa shape index (κ3) is 4.24. The van der Waals surface area contributed by atoms with Crippen molar-refractivity contribution in [2.24, 2.45) is 4.99 Å². The lowest BCUT2D eigenvalue weighted by Gasteiger charge is -2.21. The van der Waals surface area contributed by atoms with E-state index >= 15 is 0 Å². The Morgan fingerprint density at radius 2 is 1.70 bits per heavy atom. The average Bonchev–Trinajstić information content (AvgIpc) is 3.16. The van der Waals surface area contributed by atoms with Gasteiger partial charge in [0, 0.05) is 16.5 Å². The van der Waals surface area contributed by atoms with Crippen molar-refractivity contribution < 1.29 is 8.42 Å². The molecule has 0 aliphatic carbocycles. The Morgan fingerprint density at radius 3 is 2.37 bits per heavy atom. The molecule has 1 aliphatic heterocycles. The SMILES string of the molecule is Cc1ccc(S(=O)(=O)N2CC(c3ccccc3)N=C2Cc2ccc(Cl)cc2Cl)cc1. The molecule has 0 N–H and O–H groups in total. The van der Waals surface area contributed by atoms with Crippen LogP contribution >= 0.6 is 23.2 Å². The van der Waals surface area contributed by atoms with Gasteiger partial charge in [0.25, 0.3) is 10.0 Å². The third-order valence-corrected chi connectivity index (χ3v) is 7.48. The molecule has 0 fully saturated rings. The van der Waals surface area contributed by atoms with Crippen LogP contribution in [0.1, 0.15) is 22.7 Å². The van der Waals surface area contributed by atoms with Crippen LogP contribution in [0.3, 0.4) is 0 Å². The molecule has 4 rings (SSSR count). The van der Waals surface area contributed by atoms with Gasteiger partial charge in [-0.1, -0.05) is 77.3 Å². The van der Waals surface area contributed by atoms with Crippen LogP contribution in [0.25, 0.3) is 0 Å². The summed E-state index contributed by atoms with van der Waals surface area (Å²) in [7, 11) is -3.75. The maximum atomic E-state index is 13.5. The van der Waals surface area contributed by atoms with Gasteiger partial charge in [-0.2, -0.15) is 0 Å². The molecule has 0 aromatic heterocycles. The third-order valence-electron chi connectivity index (χ3n) is 5.09. The Balaban J connectivity index is 1.73. The Hall–Kier alpha value is -2.34. The molecule has 0 saturated heterocycles. The highest BCUT2D eigenvalue weighted by Gasteiger charge is 2.35. The Morgan fingerprint density at radius 1 is 1.00 bits per heavy atom. The molecule has 0 amide bonds. The van der Waals surface area contributed by atoms with Gasteiger partial charge in [-0.25, -0.2) is 8.42 Å². The minimum absolute atomic E-state index is 0.247. The van der Waals surface area contributed by atoms with E-state index in [1.807, 2.05) is 37.3 Å². The Bertz CT molecular complexity index is 1190. The fourth-order valence-electron chi connectivity index (χ4n) is 3.45. The first kappa shape index (κ1) is 20.9. The van der Waals surface area contributed by atoms with E-state index in [9.17, 15) is 8.42 Å². The minimum Gasteiger partial charge on any atom is -0.261 e. The highest BCUT2D eigenvalue weighted by atomic mass is 35.5. The van der Waals surface area contributed by atoms with Gasteiger partial charge in [0.1, 0.15) is 5.84 Å². The monoisotopic (exact) mass is 458 g/mol. The smallest absolute Gasteiger partial charge is 0.261 e. The van der Waals surface area contributed by atoms with Gasteiger partial charge in [0.05, 0.1) is 17.5 Å². The normalized spacial score (nSPS) is 16.6. The summed E-state index contributed by atoms with van der Waals surface area (Å²) in [5.41, 5.74) is 2.75. The quantitative estimate of drug-likeness (QED) is 0.492. The van der Waals surface area contributed by atoms with Crippen LogP contribution in [0.5, 0.6) is 0 Å². The van der Waals surface area contributed by atoms with Crippen LogP contribution in [-0.2, 0) is 16.4 Å². The molecule has 1 aliphatic rings. The molecule has 1 unspecified atom stereocenters. The number of hydrogen-bond donors (Lipinski definition) is 0. The summed E-state index contributed by atoms with van der Waals surface area (Å²) in [6.07, 6.45) is 0.296. The molecule has 4 nitrogen and oxygen atoms in total. The zero-order valence-corrected chi connectivity index (χ0v) is 18.6. The number of halogens is 2. The van der Waals surface area contributed by atoms with Gasteiger partial charge in [-0.15, -0.1) is 0 Å². The number of sulfonamides is 1. The van der Waals surface area contributed by atoms with Crippen molar-refractivity contribution in [1.82, 2.24) is 4.31 Å². The largest absolute Gasteiger partial charge is 0.265 e. The van der Waals surface area contributed by atoms with Crippen molar-refractivity contribution in [1.29, 1.82) is 0 Å². The van der Waals surface area contributed by atoms with Gasteiger partial charge >= 0.3 is 0 Å². The number of amidine groups is 1. The molecule has 0 spiro atoms. The average molecular weight is 459 g/mol. The summed E-state index contributed by atoms with van der Waals surface area (Å²) in [4.78, 5) is 5.03. The summed E-state index contributed by atoms with van der Waals surface area (Å²) >= 11 is 12.4. The molecule has 0 radical (unpaired) electrons. The minimum atomic E-state index is -3.75. The molecule has 30 heavy (non-hydrogen) atoms. The highest BCUT2D eigenvalue weighted by Crippen LogP contribution is 2.32. The number of aliphatic imine (C=N–C) groups is 1. The maximum Gasteiger partial charge on any atom is 0.265 e. The van der Waals surface area contributed by atoms with Crippen molar-refractivity contribution in [3.05, 3.63) is 99.5 Å². The molecule has 0 bridgehead atoms. The van der Waals surface area contributed by atoms with Crippen molar-refractivity contribution in [2.45, 2.75) is 24.3 Å². The lowest BCUT2D eigenvalue weighted by Crippen LogP contribution is -2.35. The molecule has 1 atom stereocenters. The van der Waals surface area contributed by atoms with Crippen LogP contribution in [0.4, 0.5) is 0 Å². The van der Waals surface area contributed by atoms with Crippen LogP contribution in [0.15, 0.2) is 82.7 Å². The van der Waals surface area contributed by atoms with E-state index in [0.29, 0.717) is 22.3 Å². The van der Waals surface area contributed by atoms with Crippen molar-refractivity contribution in [3.63, 3.8) is 0 Å². The van der Waals surface area contributed by atoms with E-state index in [2.05, 4.69) is 0 Å². The molecule has 1 heterocycles. The zero-order chi connectivity index (χ0) is 21.3. The predicted octanol–water partition coefficient (Wildman–Crippen LogP) is 5.69. The lowest BCUT2D eigenvalue weighted by molar-refractivity contribution is 0.518. The van der Waals surface area contributed by atoms with Gasteiger partial charge < -0.3 is 0 Å². The molecule has 0 saturated carbocycles. The fourth-order valence-corrected chi connectivity index (χ4v) is 5.38. The van der Waals surface area contributed by atoms with E-state index in [0.717, 1.165) is 16.7 Å². The summed E-state index contributed by atoms with van der Waals surface area (Å²) < 4.78 is 28.3. The zero-order valence-electron chi connectivity index (χ0n) is 16.3. The fraction of sp³-hybridized carbons (Fsp3) is 0.174. The number of hydrogen-bond acceptors (Lipinski definition) is 3. The number of nitrogens with zero attached hydrogens (tertiary/aromatic N) is 2. The molecule has 154 valence electrons. The van der Waals surface area contributed by atoms with E-state index in [1.165, 1.54) is 4.31 Å².